The van der Waals surface area contributed by atoms with Gasteiger partial charge < -0.3 is 0 Å². The van der Waals surface area contributed by atoms with Gasteiger partial charge in [0.15, 0.2) is 0 Å². The molecule has 0 unspecified atom stereocenters. The number of rotatable bonds is 4. The van der Waals surface area contributed by atoms with Gasteiger partial charge in [-0.1, -0.05) is 30.9 Å². The molecule has 78 valence electrons. The van der Waals surface area contributed by atoms with Gasteiger partial charge in [-0.15, -0.1) is 0 Å². The van der Waals surface area contributed by atoms with Gasteiger partial charge in [0, 0.05) is 6.42 Å². The van der Waals surface area contributed by atoms with Gasteiger partial charge in [0.1, 0.15) is 0 Å². The van der Waals surface area contributed by atoms with Crippen molar-refractivity contribution < 1.29 is 0 Å². The zero-order chi connectivity index (χ0) is 10.2. The Morgan fingerprint density at radius 1 is 1.36 bits per heavy atom. The molecule has 0 aliphatic heterocycles. The summed E-state index contributed by atoms with van der Waals surface area (Å²) in [5.41, 5.74) is 1.57. The van der Waals surface area contributed by atoms with Crippen LogP contribution in [0.5, 0.6) is 0 Å². The van der Waals surface area contributed by atoms with Crippen molar-refractivity contribution >= 4 is 0 Å². The molecule has 0 aromatic carbocycles. The van der Waals surface area contributed by atoms with Gasteiger partial charge >= 0.3 is 0 Å². The zero-order valence-electron chi connectivity index (χ0n) is 9.26. The van der Waals surface area contributed by atoms with E-state index >= 15 is 0 Å². The van der Waals surface area contributed by atoms with Crippen LogP contribution in [-0.2, 0) is 0 Å². The second-order valence-electron chi connectivity index (χ2n) is 4.33. The molecule has 0 aromatic heterocycles. The molecule has 1 fully saturated rings. The molecule has 0 heterocycles. The lowest BCUT2D eigenvalue weighted by atomic mass is 9.84. The summed E-state index contributed by atoms with van der Waals surface area (Å²) in [6.07, 6.45) is 12.2. The van der Waals surface area contributed by atoms with E-state index in [1.54, 1.807) is 5.57 Å². The third-order valence-electron chi connectivity index (χ3n) is 3.21. The monoisotopic (exact) mass is 191 g/mol. The van der Waals surface area contributed by atoms with Crippen LogP contribution in [0.25, 0.3) is 0 Å². The fourth-order valence-electron chi connectivity index (χ4n) is 2.24. The van der Waals surface area contributed by atoms with Crippen molar-refractivity contribution in [3.05, 3.63) is 11.6 Å². The minimum atomic E-state index is 0.703. The van der Waals surface area contributed by atoms with E-state index in [2.05, 4.69) is 19.1 Å². The van der Waals surface area contributed by atoms with Crippen molar-refractivity contribution in [1.29, 1.82) is 5.26 Å². The number of unbranched alkanes of at least 4 members (excludes halogenated alkanes) is 2. The average Bonchev–Trinajstić information content (AvgIpc) is 2.25. The van der Waals surface area contributed by atoms with E-state index in [-0.39, 0.29) is 0 Å². The molecule has 1 heteroatoms. The van der Waals surface area contributed by atoms with Gasteiger partial charge in [-0.3, -0.25) is 0 Å². The maximum atomic E-state index is 8.41. The van der Waals surface area contributed by atoms with Gasteiger partial charge in [-0.05, 0) is 38.5 Å². The molecule has 1 rings (SSSR count). The summed E-state index contributed by atoms with van der Waals surface area (Å²) in [5, 5.41) is 8.41. The lowest BCUT2D eigenvalue weighted by Crippen LogP contribution is -2.07. The fourth-order valence-corrected chi connectivity index (χ4v) is 2.24. The van der Waals surface area contributed by atoms with E-state index < -0.39 is 0 Å². The number of allylic oxidation sites excluding steroid dienone is 2. The summed E-state index contributed by atoms with van der Waals surface area (Å²) in [4.78, 5) is 0. The molecule has 1 aliphatic carbocycles. The van der Waals surface area contributed by atoms with Crippen LogP contribution in [0.3, 0.4) is 0 Å². The highest BCUT2D eigenvalue weighted by Crippen LogP contribution is 2.29. The Balaban J connectivity index is 2.24. The van der Waals surface area contributed by atoms with Crippen LogP contribution in [0.1, 0.15) is 58.3 Å². The molecule has 0 saturated heterocycles. The van der Waals surface area contributed by atoms with Gasteiger partial charge in [-0.25, -0.2) is 0 Å². The Morgan fingerprint density at radius 2 is 2.07 bits per heavy atom. The van der Waals surface area contributed by atoms with Crippen molar-refractivity contribution in [3.63, 3.8) is 0 Å². The zero-order valence-corrected chi connectivity index (χ0v) is 9.26. The van der Waals surface area contributed by atoms with E-state index in [1.807, 2.05) is 0 Å². The first-order valence-corrected chi connectivity index (χ1v) is 5.88. The number of nitrogens with zero attached hydrogens (tertiary/aromatic N) is 1. The minimum Gasteiger partial charge on any atom is -0.198 e. The Bertz CT molecular complexity index is 216. The highest BCUT2D eigenvalue weighted by Gasteiger charge is 2.13. The van der Waals surface area contributed by atoms with Crippen molar-refractivity contribution in [3.8, 4) is 6.07 Å². The normalized spacial score (nSPS) is 19.3. The molecule has 1 aliphatic rings. The van der Waals surface area contributed by atoms with Crippen LogP contribution in [-0.4, -0.2) is 0 Å². The van der Waals surface area contributed by atoms with E-state index in [9.17, 15) is 0 Å². The lowest BCUT2D eigenvalue weighted by molar-refractivity contribution is 0.402. The van der Waals surface area contributed by atoms with Crippen LogP contribution >= 0.6 is 0 Å². The fraction of sp³-hybridized carbons (Fsp3) is 0.769. The number of hydrogen-bond donors (Lipinski definition) is 0. The molecular formula is C13H21N. The molecule has 0 bridgehead atoms. The maximum Gasteiger partial charge on any atom is 0.0621 e. The lowest BCUT2D eigenvalue weighted by Gasteiger charge is -2.22. The summed E-state index contributed by atoms with van der Waals surface area (Å²) >= 11 is 0. The molecule has 1 saturated carbocycles. The molecular weight excluding hydrogens is 170 g/mol. The third-order valence-corrected chi connectivity index (χ3v) is 3.21. The molecule has 0 radical (unpaired) electrons. The molecule has 0 N–H and O–H groups in total. The minimum absolute atomic E-state index is 0.703. The van der Waals surface area contributed by atoms with Crippen LogP contribution < -0.4 is 0 Å². The molecule has 0 atom stereocenters. The first-order valence-electron chi connectivity index (χ1n) is 5.88. The average molecular weight is 191 g/mol. The predicted molar refractivity (Wildman–Crippen MR) is 59.8 cm³/mol. The molecule has 0 amide bonds. The maximum absolute atomic E-state index is 8.41. The van der Waals surface area contributed by atoms with Crippen molar-refractivity contribution in [2.24, 2.45) is 5.92 Å². The van der Waals surface area contributed by atoms with Crippen LogP contribution in [0.4, 0.5) is 0 Å². The van der Waals surface area contributed by atoms with Crippen molar-refractivity contribution in [2.75, 3.05) is 0 Å². The van der Waals surface area contributed by atoms with Crippen LogP contribution in [0, 0.1) is 17.2 Å². The highest BCUT2D eigenvalue weighted by molar-refractivity contribution is 5.04. The van der Waals surface area contributed by atoms with E-state index in [1.165, 1.54) is 32.1 Å². The second kappa shape index (κ2) is 6.65. The Kier molecular flexibility index (Phi) is 5.37. The standard InChI is InChI=1S/C13H21N/c1-12(8-4-3-7-11-14)13-9-5-2-6-10-13/h8,13H,2-7,9-10H2,1H3/b12-8+. The summed E-state index contributed by atoms with van der Waals surface area (Å²) in [5.74, 6) is 0.853. The largest absolute Gasteiger partial charge is 0.198 e. The van der Waals surface area contributed by atoms with Gasteiger partial charge in [0.2, 0.25) is 0 Å². The number of hydrogen-bond acceptors (Lipinski definition) is 1. The molecule has 1 nitrogen and oxygen atoms in total. The van der Waals surface area contributed by atoms with Gasteiger partial charge in [0.25, 0.3) is 0 Å². The first kappa shape index (κ1) is 11.3. The SMILES string of the molecule is C/C(=C\CCCC#N)C1CCCCC1. The second-order valence-corrected chi connectivity index (χ2v) is 4.33. The van der Waals surface area contributed by atoms with Crippen molar-refractivity contribution in [1.82, 2.24) is 0 Å². The summed E-state index contributed by atoms with van der Waals surface area (Å²) in [7, 11) is 0. The molecule has 0 aromatic rings. The third kappa shape index (κ3) is 3.96. The molecule has 0 spiro atoms. The van der Waals surface area contributed by atoms with E-state index in [4.69, 9.17) is 5.26 Å². The molecule has 14 heavy (non-hydrogen) atoms. The van der Waals surface area contributed by atoms with Gasteiger partial charge in [-0.2, -0.15) is 5.26 Å². The Morgan fingerprint density at radius 3 is 2.71 bits per heavy atom. The highest BCUT2D eigenvalue weighted by atomic mass is 14.2. The van der Waals surface area contributed by atoms with Crippen molar-refractivity contribution in [2.45, 2.75) is 58.3 Å². The predicted octanol–water partition coefficient (Wildman–Crippen LogP) is 4.21. The first-order chi connectivity index (χ1) is 6.84. The quantitative estimate of drug-likeness (QED) is 0.482. The number of nitriles is 1. The van der Waals surface area contributed by atoms with E-state index in [0.29, 0.717) is 6.42 Å². The van der Waals surface area contributed by atoms with E-state index in [0.717, 1.165) is 18.8 Å². The topological polar surface area (TPSA) is 23.8 Å². The van der Waals surface area contributed by atoms with Gasteiger partial charge in [0.05, 0.1) is 6.07 Å². The Labute approximate surface area is 87.8 Å². The summed E-state index contributed by atoms with van der Waals surface area (Å²) in [6, 6.07) is 2.19. The summed E-state index contributed by atoms with van der Waals surface area (Å²) in [6.45, 7) is 2.27. The van der Waals surface area contributed by atoms with Crippen LogP contribution in [0.15, 0.2) is 11.6 Å². The smallest absolute Gasteiger partial charge is 0.0621 e. The van der Waals surface area contributed by atoms with Crippen LogP contribution in [0.2, 0.25) is 0 Å². The Hall–Kier alpha value is -0.770. The summed E-state index contributed by atoms with van der Waals surface area (Å²) < 4.78 is 0.